The van der Waals surface area contributed by atoms with E-state index in [2.05, 4.69) is 20.3 Å². The molecule has 0 saturated heterocycles. The maximum atomic E-state index is 13.1. The van der Waals surface area contributed by atoms with Crippen LogP contribution in [-0.4, -0.2) is 20.9 Å². The smallest absolute Gasteiger partial charge is 0.294 e. The van der Waals surface area contributed by atoms with Gasteiger partial charge in [-0.3, -0.25) is 15.1 Å². The van der Waals surface area contributed by atoms with Crippen molar-refractivity contribution in [1.29, 1.82) is 0 Å². The van der Waals surface area contributed by atoms with Crippen LogP contribution in [0, 0.1) is 6.92 Å². The second kappa shape index (κ2) is 7.85. The standard InChI is InChI=1S/C22H19F3N4O/c1-13-10-11-26-21(27-13)29-20(30)17-7-3-4-14-8-9-18(28-19(14)17)15-5-2-6-16(12-15)22(23,24)25/h2,5-6,8-12,17H,3-4,7H2,1H3,(H,26,27,29,30). The molecule has 0 radical (unpaired) electrons. The Bertz CT molecular complexity index is 1100. The van der Waals surface area contributed by atoms with E-state index in [9.17, 15) is 18.0 Å². The first kappa shape index (κ1) is 20.0. The van der Waals surface area contributed by atoms with E-state index in [1.807, 2.05) is 6.07 Å². The van der Waals surface area contributed by atoms with Crippen LogP contribution in [0.1, 0.15) is 41.3 Å². The summed E-state index contributed by atoms with van der Waals surface area (Å²) >= 11 is 0. The third-order valence-corrected chi connectivity index (χ3v) is 5.11. The Hall–Kier alpha value is -3.29. The molecule has 2 aromatic heterocycles. The van der Waals surface area contributed by atoms with Crippen LogP contribution in [-0.2, 0) is 17.4 Å². The van der Waals surface area contributed by atoms with Crippen LogP contribution in [0.5, 0.6) is 0 Å². The molecule has 1 aliphatic rings. The maximum Gasteiger partial charge on any atom is 0.416 e. The number of carbonyl (C=O) groups excluding carboxylic acids is 1. The van der Waals surface area contributed by atoms with Gasteiger partial charge in [-0.25, -0.2) is 9.97 Å². The number of carbonyl (C=O) groups is 1. The van der Waals surface area contributed by atoms with E-state index in [0.717, 1.165) is 36.2 Å². The summed E-state index contributed by atoms with van der Waals surface area (Å²) in [5.74, 6) is -0.556. The van der Waals surface area contributed by atoms with Crippen LogP contribution in [0.15, 0.2) is 48.7 Å². The second-order valence-corrected chi connectivity index (χ2v) is 7.28. The minimum Gasteiger partial charge on any atom is -0.294 e. The van der Waals surface area contributed by atoms with Crippen LogP contribution in [0.2, 0.25) is 0 Å². The first-order valence-electron chi connectivity index (χ1n) is 9.59. The molecule has 1 atom stereocenters. The number of aryl methyl sites for hydroxylation is 2. The molecule has 4 rings (SSSR count). The van der Waals surface area contributed by atoms with Crippen LogP contribution in [0.3, 0.4) is 0 Å². The average molecular weight is 412 g/mol. The van der Waals surface area contributed by atoms with Crippen molar-refractivity contribution >= 4 is 11.9 Å². The van der Waals surface area contributed by atoms with Gasteiger partial charge >= 0.3 is 6.18 Å². The fourth-order valence-electron chi connectivity index (χ4n) is 3.63. The third kappa shape index (κ3) is 4.17. The predicted octanol–water partition coefficient (Wildman–Crippen LogP) is 4.92. The van der Waals surface area contributed by atoms with Gasteiger partial charge in [-0.15, -0.1) is 0 Å². The lowest BCUT2D eigenvalue weighted by Crippen LogP contribution is -2.26. The molecule has 0 bridgehead atoms. The molecule has 1 aromatic carbocycles. The number of halogens is 3. The van der Waals surface area contributed by atoms with Gasteiger partial charge in [0.05, 0.1) is 22.9 Å². The molecule has 0 saturated carbocycles. The van der Waals surface area contributed by atoms with Gasteiger partial charge in [0.25, 0.3) is 0 Å². The van der Waals surface area contributed by atoms with E-state index < -0.39 is 17.7 Å². The quantitative estimate of drug-likeness (QED) is 0.663. The van der Waals surface area contributed by atoms with Crippen molar-refractivity contribution in [2.45, 2.75) is 38.3 Å². The summed E-state index contributed by atoms with van der Waals surface area (Å²) < 4.78 is 39.2. The lowest BCUT2D eigenvalue weighted by molar-refractivity contribution is -0.137. The Morgan fingerprint density at radius 1 is 1.13 bits per heavy atom. The van der Waals surface area contributed by atoms with Crippen molar-refractivity contribution in [2.24, 2.45) is 0 Å². The van der Waals surface area contributed by atoms with E-state index in [-0.39, 0.29) is 11.9 Å². The minimum atomic E-state index is -4.43. The number of rotatable bonds is 3. The largest absolute Gasteiger partial charge is 0.416 e. The Morgan fingerprint density at radius 2 is 1.97 bits per heavy atom. The van der Waals surface area contributed by atoms with Crippen molar-refractivity contribution in [1.82, 2.24) is 15.0 Å². The number of nitrogens with zero attached hydrogens (tertiary/aromatic N) is 3. The SMILES string of the molecule is Cc1ccnc(NC(=O)C2CCCc3ccc(-c4cccc(C(F)(F)F)c4)nc32)n1. The highest BCUT2D eigenvalue weighted by Gasteiger charge is 2.31. The number of anilines is 1. The molecule has 0 fully saturated rings. The molecule has 1 aliphatic carbocycles. The predicted molar refractivity (Wildman–Crippen MR) is 106 cm³/mol. The van der Waals surface area contributed by atoms with Crippen LogP contribution in [0.4, 0.5) is 19.1 Å². The summed E-state index contributed by atoms with van der Waals surface area (Å²) in [5.41, 5.74) is 2.30. The lowest BCUT2D eigenvalue weighted by Gasteiger charge is -2.24. The summed E-state index contributed by atoms with van der Waals surface area (Å²) in [5, 5.41) is 2.73. The van der Waals surface area contributed by atoms with Crippen molar-refractivity contribution in [3.63, 3.8) is 0 Å². The summed E-state index contributed by atoms with van der Waals surface area (Å²) in [7, 11) is 0. The number of aromatic nitrogens is 3. The highest BCUT2D eigenvalue weighted by molar-refractivity contribution is 5.94. The normalized spacial score (nSPS) is 16.1. The van der Waals surface area contributed by atoms with E-state index >= 15 is 0 Å². The molecule has 1 amide bonds. The second-order valence-electron chi connectivity index (χ2n) is 7.28. The van der Waals surface area contributed by atoms with Crippen molar-refractivity contribution in [2.75, 3.05) is 5.32 Å². The van der Waals surface area contributed by atoms with Gasteiger partial charge in [0.15, 0.2) is 0 Å². The number of hydrogen-bond donors (Lipinski definition) is 1. The zero-order valence-electron chi connectivity index (χ0n) is 16.2. The van der Waals surface area contributed by atoms with Gasteiger partial charge in [0.2, 0.25) is 11.9 Å². The fourth-order valence-corrected chi connectivity index (χ4v) is 3.63. The minimum absolute atomic E-state index is 0.223. The zero-order valence-corrected chi connectivity index (χ0v) is 16.2. The molecular formula is C22H19F3N4O. The molecule has 30 heavy (non-hydrogen) atoms. The molecule has 3 aromatic rings. The summed E-state index contributed by atoms with van der Waals surface area (Å²) in [6, 6.07) is 10.3. The molecule has 154 valence electrons. The summed E-state index contributed by atoms with van der Waals surface area (Å²) in [6.45, 7) is 1.80. The van der Waals surface area contributed by atoms with Crippen LogP contribution < -0.4 is 5.32 Å². The number of alkyl halides is 3. The molecule has 2 heterocycles. The van der Waals surface area contributed by atoms with Crippen LogP contribution >= 0.6 is 0 Å². The molecule has 8 heteroatoms. The van der Waals surface area contributed by atoms with E-state index in [0.29, 0.717) is 23.4 Å². The Labute approximate surface area is 171 Å². The van der Waals surface area contributed by atoms with Gasteiger partial charge < -0.3 is 0 Å². The zero-order chi connectivity index (χ0) is 21.3. The van der Waals surface area contributed by atoms with Crippen molar-refractivity contribution < 1.29 is 18.0 Å². The number of fused-ring (bicyclic) bond motifs is 1. The van der Waals surface area contributed by atoms with Gasteiger partial charge in [0.1, 0.15) is 0 Å². The molecular weight excluding hydrogens is 393 g/mol. The lowest BCUT2D eigenvalue weighted by atomic mass is 9.85. The highest BCUT2D eigenvalue weighted by atomic mass is 19.4. The molecule has 1 unspecified atom stereocenters. The molecule has 0 aliphatic heterocycles. The Morgan fingerprint density at radius 3 is 2.73 bits per heavy atom. The van der Waals surface area contributed by atoms with Gasteiger partial charge in [0, 0.05) is 17.5 Å². The van der Waals surface area contributed by atoms with Crippen molar-refractivity contribution in [3.8, 4) is 11.3 Å². The first-order valence-corrected chi connectivity index (χ1v) is 9.59. The van der Waals surface area contributed by atoms with Gasteiger partial charge in [-0.1, -0.05) is 18.2 Å². The number of amides is 1. The summed E-state index contributed by atoms with van der Waals surface area (Å²) in [6.07, 6.45) is -0.665. The topological polar surface area (TPSA) is 67.8 Å². The van der Waals surface area contributed by atoms with E-state index in [4.69, 9.17) is 0 Å². The number of nitrogens with one attached hydrogen (secondary N) is 1. The van der Waals surface area contributed by atoms with Crippen molar-refractivity contribution in [3.05, 3.63) is 71.2 Å². The number of benzene rings is 1. The van der Waals surface area contributed by atoms with E-state index in [1.54, 1.807) is 31.3 Å². The van der Waals surface area contributed by atoms with Crippen LogP contribution in [0.25, 0.3) is 11.3 Å². The molecule has 5 nitrogen and oxygen atoms in total. The highest BCUT2D eigenvalue weighted by Crippen LogP contribution is 2.35. The van der Waals surface area contributed by atoms with Gasteiger partial charge in [-0.05, 0) is 56.0 Å². The monoisotopic (exact) mass is 412 g/mol. The Balaban J connectivity index is 1.66. The number of pyridine rings is 1. The number of hydrogen-bond acceptors (Lipinski definition) is 4. The fraction of sp³-hybridized carbons (Fsp3) is 0.273. The van der Waals surface area contributed by atoms with E-state index in [1.165, 1.54) is 6.07 Å². The van der Waals surface area contributed by atoms with Gasteiger partial charge in [-0.2, -0.15) is 13.2 Å². The summed E-state index contributed by atoms with van der Waals surface area (Å²) in [4.78, 5) is 25.7. The maximum absolute atomic E-state index is 13.1. The first-order chi connectivity index (χ1) is 14.3. The Kier molecular flexibility index (Phi) is 5.24. The molecule has 0 spiro atoms. The molecule has 1 N–H and O–H groups in total. The third-order valence-electron chi connectivity index (χ3n) is 5.11. The average Bonchev–Trinajstić information content (AvgIpc) is 2.72.